The number of nitrogens with zero attached hydrogens (tertiary/aromatic N) is 1. The van der Waals surface area contributed by atoms with Crippen LogP contribution in [0.15, 0.2) is 24.3 Å². The Morgan fingerprint density at radius 1 is 1.36 bits per heavy atom. The highest BCUT2D eigenvalue weighted by Gasteiger charge is 2.20. The first-order valence-electron chi connectivity index (χ1n) is 4.45. The molecule has 0 fully saturated rings. The maximum atomic E-state index is 10.7. The van der Waals surface area contributed by atoms with Crippen molar-refractivity contribution in [2.45, 2.75) is 25.9 Å². The Hall–Kier alpha value is -1.42. The molecule has 4 nitrogen and oxygen atoms in total. The number of rotatable bonds is 3. The minimum Gasteiger partial charge on any atom is -0.393 e. The summed E-state index contributed by atoms with van der Waals surface area (Å²) in [5, 5.41) is 20.0. The van der Waals surface area contributed by atoms with Gasteiger partial charge in [0.15, 0.2) is 0 Å². The maximum Gasteiger partial charge on any atom is 0.272 e. The van der Waals surface area contributed by atoms with Gasteiger partial charge in [-0.3, -0.25) is 10.1 Å². The molecule has 0 aliphatic rings. The van der Waals surface area contributed by atoms with Crippen LogP contribution in [-0.2, 0) is 0 Å². The van der Waals surface area contributed by atoms with Gasteiger partial charge in [0.2, 0.25) is 0 Å². The Labute approximate surface area is 82.3 Å². The maximum absolute atomic E-state index is 10.7. The first-order chi connectivity index (χ1) is 6.54. The lowest BCUT2D eigenvalue weighted by Gasteiger charge is -2.14. The average Bonchev–Trinajstić information content (AvgIpc) is 2.16. The quantitative estimate of drug-likeness (QED) is 0.593. The fraction of sp³-hybridized carbons (Fsp3) is 0.400. The fourth-order valence-corrected chi connectivity index (χ4v) is 1.30. The molecule has 0 amide bonds. The molecule has 4 heteroatoms. The molecule has 1 N–H and O–H groups in total. The first-order valence-corrected chi connectivity index (χ1v) is 4.45. The third-order valence-electron chi connectivity index (χ3n) is 2.35. The van der Waals surface area contributed by atoms with Crippen molar-refractivity contribution in [1.29, 1.82) is 0 Å². The van der Waals surface area contributed by atoms with E-state index in [2.05, 4.69) is 0 Å². The fourth-order valence-electron chi connectivity index (χ4n) is 1.30. The molecule has 0 spiro atoms. The predicted octanol–water partition coefficient (Wildman–Crippen LogP) is 2.08. The zero-order chi connectivity index (χ0) is 10.7. The van der Waals surface area contributed by atoms with Crippen LogP contribution in [0, 0.1) is 10.1 Å². The summed E-state index contributed by atoms with van der Waals surface area (Å²) >= 11 is 0. The SMILES string of the molecule is CC(O)C(C)c1ccccc1[N+](=O)[O-]. The van der Waals surface area contributed by atoms with Gasteiger partial charge in [-0.25, -0.2) is 0 Å². The van der Waals surface area contributed by atoms with E-state index >= 15 is 0 Å². The molecule has 0 aromatic heterocycles. The van der Waals surface area contributed by atoms with Gasteiger partial charge in [-0.1, -0.05) is 25.1 Å². The monoisotopic (exact) mass is 195 g/mol. The summed E-state index contributed by atoms with van der Waals surface area (Å²) in [5.74, 6) is -0.225. The summed E-state index contributed by atoms with van der Waals surface area (Å²) in [6.07, 6.45) is -0.587. The van der Waals surface area contributed by atoms with Crippen molar-refractivity contribution in [2.24, 2.45) is 0 Å². The third-order valence-corrected chi connectivity index (χ3v) is 2.35. The summed E-state index contributed by atoms with van der Waals surface area (Å²) in [4.78, 5) is 10.3. The van der Waals surface area contributed by atoms with Crippen molar-refractivity contribution in [3.8, 4) is 0 Å². The number of nitro benzene ring substituents is 1. The van der Waals surface area contributed by atoms with Crippen LogP contribution in [0.2, 0.25) is 0 Å². The summed E-state index contributed by atoms with van der Waals surface area (Å²) in [5.41, 5.74) is 0.647. The molecule has 0 aliphatic heterocycles. The molecule has 0 radical (unpaired) electrons. The Balaban J connectivity index is 3.13. The van der Waals surface area contributed by atoms with Crippen molar-refractivity contribution < 1.29 is 10.0 Å². The van der Waals surface area contributed by atoms with Crippen LogP contribution in [0.3, 0.4) is 0 Å². The lowest BCUT2D eigenvalue weighted by Crippen LogP contribution is -2.12. The van der Waals surface area contributed by atoms with E-state index in [1.165, 1.54) is 6.07 Å². The summed E-state index contributed by atoms with van der Waals surface area (Å²) < 4.78 is 0. The van der Waals surface area contributed by atoms with Gasteiger partial charge in [0.25, 0.3) is 5.69 Å². The topological polar surface area (TPSA) is 63.4 Å². The molecule has 1 rings (SSSR count). The van der Waals surface area contributed by atoms with Gasteiger partial charge in [0.1, 0.15) is 0 Å². The molecule has 0 bridgehead atoms. The van der Waals surface area contributed by atoms with Crippen LogP contribution in [0.4, 0.5) is 5.69 Å². The smallest absolute Gasteiger partial charge is 0.272 e. The molecule has 1 aromatic rings. The van der Waals surface area contributed by atoms with E-state index in [0.29, 0.717) is 5.56 Å². The zero-order valence-corrected chi connectivity index (χ0v) is 8.18. The van der Waals surface area contributed by atoms with E-state index in [1.807, 2.05) is 0 Å². The van der Waals surface area contributed by atoms with Crippen molar-refractivity contribution in [3.05, 3.63) is 39.9 Å². The Morgan fingerprint density at radius 3 is 2.43 bits per heavy atom. The summed E-state index contributed by atoms with van der Waals surface area (Å²) in [6, 6.07) is 6.49. The molecule has 2 atom stereocenters. The number of aliphatic hydroxyl groups is 1. The lowest BCUT2D eigenvalue weighted by molar-refractivity contribution is -0.385. The predicted molar refractivity (Wildman–Crippen MR) is 53.2 cm³/mol. The van der Waals surface area contributed by atoms with Crippen molar-refractivity contribution >= 4 is 5.69 Å². The number of hydrogen-bond donors (Lipinski definition) is 1. The van der Waals surface area contributed by atoms with Gasteiger partial charge in [-0.2, -0.15) is 0 Å². The summed E-state index contributed by atoms with van der Waals surface area (Å²) in [6.45, 7) is 3.40. The van der Waals surface area contributed by atoms with Crippen LogP contribution < -0.4 is 0 Å². The minimum atomic E-state index is -0.587. The molecule has 76 valence electrons. The van der Waals surface area contributed by atoms with Gasteiger partial charge < -0.3 is 5.11 Å². The van der Waals surface area contributed by atoms with Crippen LogP contribution in [0.1, 0.15) is 25.3 Å². The number of aliphatic hydroxyl groups excluding tert-OH is 1. The van der Waals surface area contributed by atoms with E-state index in [4.69, 9.17) is 0 Å². The highest BCUT2D eigenvalue weighted by atomic mass is 16.6. The first kappa shape index (κ1) is 10.7. The Kier molecular flexibility index (Phi) is 3.19. The highest BCUT2D eigenvalue weighted by molar-refractivity contribution is 5.42. The molecule has 1 aromatic carbocycles. The van der Waals surface area contributed by atoms with Crippen molar-refractivity contribution in [2.75, 3.05) is 0 Å². The van der Waals surface area contributed by atoms with Crippen molar-refractivity contribution in [3.63, 3.8) is 0 Å². The number of nitro groups is 1. The van der Waals surface area contributed by atoms with Gasteiger partial charge in [-0.05, 0) is 6.92 Å². The van der Waals surface area contributed by atoms with E-state index < -0.39 is 11.0 Å². The number of para-hydroxylation sites is 1. The van der Waals surface area contributed by atoms with E-state index in [1.54, 1.807) is 32.0 Å². The molecular formula is C10H13NO3. The highest BCUT2D eigenvalue weighted by Crippen LogP contribution is 2.27. The van der Waals surface area contributed by atoms with Crippen LogP contribution >= 0.6 is 0 Å². The van der Waals surface area contributed by atoms with Crippen LogP contribution in [-0.4, -0.2) is 16.1 Å². The standard InChI is InChI=1S/C10H13NO3/c1-7(8(2)12)9-5-3-4-6-10(9)11(13)14/h3-8,12H,1-2H3. The average molecular weight is 195 g/mol. The molecule has 0 heterocycles. The Bertz CT molecular complexity index is 336. The van der Waals surface area contributed by atoms with E-state index in [0.717, 1.165) is 0 Å². The van der Waals surface area contributed by atoms with Gasteiger partial charge in [0.05, 0.1) is 11.0 Å². The largest absolute Gasteiger partial charge is 0.393 e. The minimum absolute atomic E-state index is 0.0703. The van der Waals surface area contributed by atoms with Crippen LogP contribution in [0.25, 0.3) is 0 Å². The molecule has 14 heavy (non-hydrogen) atoms. The molecule has 0 saturated heterocycles. The third kappa shape index (κ3) is 2.09. The van der Waals surface area contributed by atoms with Crippen LogP contribution in [0.5, 0.6) is 0 Å². The Morgan fingerprint density at radius 2 is 1.93 bits per heavy atom. The number of hydrogen-bond acceptors (Lipinski definition) is 3. The second-order valence-corrected chi connectivity index (χ2v) is 3.35. The van der Waals surface area contributed by atoms with E-state index in [9.17, 15) is 15.2 Å². The molecular weight excluding hydrogens is 182 g/mol. The molecule has 0 aliphatic carbocycles. The van der Waals surface area contributed by atoms with Gasteiger partial charge >= 0.3 is 0 Å². The normalized spacial score (nSPS) is 14.8. The second-order valence-electron chi connectivity index (χ2n) is 3.35. The second kappa shape index (κ2) is 4.19. The van der Waals surface area contributed by atoms with Gasteiger partial charge in [-0.15, -0.1) is 0 Å². The zero-order valence-electron chi connectivity index (χ0n) is 8.18. The summed E-state index contributed by atoms with van der Waals surface area (Å²) in [7, 11) is 0. The number of benzene rings is 1. The van der Waals surface area contributed by atoms with E-state index in [-0.39, 0.29) is 11.6 Å². The van der Waals surface area contributed by atoms with Gasteiger partial charge in [0, 0.05) is 17.5 Å². The lowest BCUT2D eigenvalue weighted by atomic mass is 9.95. The molecule has 2 unspecified atom stereocenters. The molecule has 0 saturated carbocycles. The van der Waals surface area contributed by atoms with Crippen molar-refractivity contribution in [1.82, 2.24) is 0 Å².